The third-order valence-corrected chi connectivity index (χ3v) is 2.63. The van der Waals surface area contributed by atoms with Crippen molar-refractivity contribution in [3.63, 3.8) is 0 Å². The summed E-state index contributed by atoms with van der Waals surface area (Å²) in [4.78, 5) is 23.2. The molecule has 0 fully saturated rings. The summed E-state index contributed by atoms with van der Waals surface area (Å²) in [6.45, 7) is 1.45. The average molecular weight is 280 g/mol. The first-order valence-corrected chi connectivity index (χ1v) is 5.58. The molecule has 1 heterocycles. The van der Waals surface area contributed by atoms with Gasteiger partial charge < -0.3 is 4.74 Å². The highest BCUT2D eigenvalue weighted by Gasteiger charge is 2.17. The van der Waals surface area contributed by atoms with Crippen LogP contribution in [0.4, 0.5) is 8.78 Å². The molecule has 5 nitrogen and oxygen atoms in total. The van der Waals surface area contributed by atoms with Gasteiger partial charge >= 0.3 is 5.97 Å². The van der Waals surface area contributed by atoms with Crippen molar-refractivity contribution < 1.29 is 18.3 Å². The maximum Gasteiger partial charge on any atom is 0.362 e. The van der Waals surface area contributed by atoms with Gasteiger partial charge in [-0.15, -0.1) is 0 Å². The molecule has 1 aromatic heterocycles. The van der Waals surface area contributed by atoms with E-state index in [1.54, 1.807) is 0 Å². The number of rotatable bonds is 2. The van der Waals surface area contributed by atoms with Crippen LogP contribution in [0.1, 0.15) is 16.1 Å². The standard InChI is InChI=1S/C13H10F2N2O3/c1-7-6-17(10-4-3-8(14)5-9(10)15)16-11(12(7)18)13(19)20-2/h3-6H,1-2H3. The Labute approximate surface area is 112 Å². The molecule has 0 aliphatic rings. The number of esters is 1. The second-order valence-corrected chi connectivity index (χ2v) is 4.02. The summed E-state index contributed by atoms with van der Waals surface area (Å²) >= 11 is 0. The fourth-order valence-electron chi connectivity index (χ4n) is 1.63. The third-order valence-electron chi connectivity index (χ3n) is 2.63. The predicted octanol–water partition coefficient (Wildman–Crippen LogP) is 1.61. The minimum Gasteiger partial charge on any atom is -0.464 e. The van der Waals surface area contributed by atoms with E-state index in [1.807, 2.05) is 0 Å². The maximum atomic E-state index is 13.7. The molecule has 7 heteroatoms. The van der Waals surface area contributed by atoms with Gasteiger partial charge in [-0.3, -0.25) is 4.79 Å². The Bertz CT molecular complexity index is 741. The van der Waals surface area contributed by atoms with E-state index in [4.69, 9.17) is 0 Å². The van der Waals surface area contributed by atoms with Gasteiger partial charge in [0.15, 0.2) is 5.82 Å². The Hall–Kier alpha value is -2.57. The summed E-state index contributed by atoms with van der Waals surface area (Å²) in [6, 6.07) is 2.89. The van der Waals surface area contributed by atoms with Gasteiger partial charge in [-0.25, -0.2) is 18.3 Å². The van der Waals surface area contributed by atoms with Crippen LogP contribution in [-0.4, -0.2) is 22.9 Å². The lowest BCUT2D eigenvalue weighted by Gasteiger charge is -2.09. The number of hydrogen-bond donors (Lipinski definition) is 0. The van der Waals surface area contributed by atoms with Crippen molar-refractivity contribution in [3.05, 3.63) is 57.5 Å². The van der Waals surface area contributed by atoms with Gasteiger partial charge in [0, 0.05) is 17.8 Å². The molecule has 0 amide bonds. The van der Waals surface area contributed by atoms with E-state index in [0.29, 0.717) is 6.07 Å². The monoisotopic (exact) mass is 280 g/mol. The van der Waals surface area contributed by atoms with Gasteiger partial charge in [-0.1, -0.05) is 0 Å². The Kier molecular flexibility index (Phi) is 3.60. The van der Waals surface area contributed by atoms with E-state index in [0.717, 1.165) is 23.9 Å². The molecule has 2 aromatic rings. The SMILES string of the molecule is COC(=O)c1nn(-c2ccc(F)cc2F)cc(C)c1=O. The van der Waals surface area contributed by atoms with Crippen molar-refractivity contribution in [2.24, 2.45) is 0 Å². The second kappa shape index (κ2) is 5.20. The van der Waals surface area contributed by atoms with Crippen LogP contribution in [0.15, 0.2) is 29.2 Å². The third kappa shape index (κ3) is 2.42. The molecule has 0 saturated carbocycles. The number of carbonyl (C=O) groups is 1. The molecule has 0 aliphatic carbocycles. The zero-order chi connectivity index (χ0) is 14.9. The maximum absolute atomic E-state index is 13.7. The van der Waals surface area contributed by atoms with E-state index in [2.05, 4.69) is 9.84 Å². The number of aryl methyl sites for hydroxylation is 1. The Morgan fingerprint density at radius 2 is 2.05 bits per heavy atom. The highest BCUT2D eigenvalue weighted by molar-refractivity contribution is 5.87. The summed E-state index contributed by atoms with van der Waals surface area (Å²) in [5.74, 6) is -2.52. The first-order valence-electron chi connectivity index (χ1n) is 5.58. The van der Waals surface area contributed by atoms with Crippen molar-refractivity contribution >= 4 is 5.97 Å². The first-order chi connectivity index (χ1) is 9.43. The molecule has 2 rings (SSSR count). The molecular formula is C13H10F2N2O3. The summed E-state index contributed by atoms with van der Waals surface area (Å²) in [5.41, 5.74) is -0.962. The molecule has 0 aliphatic heterocycles. The Balaban J connectivity index is 2.67. The van der Waals surface area contributed by atoms with Gasteiger partial charge in [-0.2, -0.15) is 5.10 Å². The van der Waals surface area contributed by atoms with Crippen molar-refractivity contribution in [2.45, 2.75) is 6.92 Å². The van der Waals surface area contributed by atoms with Crippen LogP contribution in [0.5, 0.6) is 0 Å². The van der Waals surface area contributed by atoms with Gasteiger partial charge in [0.1, 0.15) is 11.5 Å². The van der Waals surface area contributed by atoms with Crippen LogP contribution >= 0.6 is 0 Å². The van der Waals surface area contributed by atoms with Gasteiger partial charge in [0.05, 0.1) is 7.11 Å². The molecule has 0 N–H and O–H groups in total. The lowest BCUT2D eigenvalue weighted by atomic mass is 10.2. The fourth-order valence-corrected chi connectivity index (χ4v) is 1.63. The number of ether oxygens (including phenoxy) is 1. The van der Waals surface area contributed by atoms with Gasteiger partial charge in [-0.05, 0) is 19.1 Å². The van der Waals surface area contributed by atoms with Crippen LogP contribution in [0.3, 0.4) is 0 Å². The molecule has 1 aromatic carbocycles. The van der Waals surface area contributed by atoms with Crippen molar-refractivity contribution in [1.82, 2.24) is 9.78 Å². The quantitative estimate of drug-likeness (QED) is 0.784. The summed E-state index contributed by atoms with van der Waals surface area (Å²) in [5, 5.41) is 3.73. The zero-order valence-corrected chi connectivity index (χ0v) is 10.7. The number of carbonyl (C=O) groups excluding carboxylic acids is 1. The van der Waals surface area contributed by atoms with Crippen LogP contribution < -0.4 is 5.43 Å². The smallest absolute Gasteiger partial charge is 0.362 e. The zero-order valence-electron chi connectivity index (χ0n) is 10.7. The minimum atomic E-state index is -0.921. The Morgan fingerprint density at radius 3 is 2.65 bits per heavy atom. The summed E-state index contributed by atoms with van der Waals surface area (Å²) < 4.78 is 32.0. The van der Waals surface area contributed by atoms with E-state index in [1.165, 1.54) is 13.1 Å². The molecule has 20 heavy (non-hydrogen) atoms. The minimum absolute atomic E-state index is 0.0837. The molecule has 0 saturated heterocycles. The highest BCUT2D eigenvalue weighted by Crippen LogP contribution is 2.13. The highest BCUT2D eigenvalue weighted by atomic mass is 19.1. The van der Waals surface area contributed by atoms with Crippen molar-refractivity contribution in [3.8, 4) is 5.69 Å². The van der Waals surface area contributed by atoms with E-state index in [9.17, 15) is 18.4 Å². The Morgan fingerprint density at radius 1 is 1.35 bits per heavy atom. The first kappa shape index (κ1) is 13.9. The molecular weight excluding hydrogens is 270 g/mol. The molecule has 0 unspecified atom stereocenters. The largest absolute Gasteiger partial charge is 0.464 e. The number of aromatic nitrogens is 2. The van der Waals surface area contributed by atoms with Crippen LogP contribution in [0, 0.1) is 18.6 Å². The molecule has 104 valence electrons. The molecule has 0 atom stereocenters. The van der Waals surface area contributed by atoms with E-state index < -0.39 is 28.7 Å². The lowest BCUT2D eigenvalue weighted by Crippen LogP contribution is -2.24. The van der Waals surface area contributed by atoms with E-state index in [-0.39, 0.29) is 11.3 Å². The number of nitrogens with zero attached hydrogens (tertiary/aromatic N) is 2. The predicted molar refractivity (Wildman–Crippen MR) is 65.8 cm³/mol. The topological polar surface area (TPSA) is 61.2 Å². The van der Waals surface area contributed by atoms with Crippen molar-refractivity contribution in [1.29, 1.82) is 0 Å². The average Bonchev–Trinajstić information content (AvgIpc) is 2.41. The van der Waals surface area contributed by atoms with E-state index >= 15 is 0 Å². The molecule has 0 radical (unpaired) electrons. The molecule has 0 bridgehead atoms. The number of hydrogen-bond acceptors (Lipinski definition) is 4. The van der Waals surface area contributed by atoms with Crippen LogP contribution in [-0.2, 0) is 4.74 Å². The van der Waals surface area contributed by atoms with Crippen molar-refractivity contribution in [2.75, 3.05) is 7.11 Å². The lowest BCUT2D eigenvalue weighted by molar-refractivity contribution is 0.0590. The summed E-state index contributed by atoms with van der Waals surface area (Å²) in [7, 11) is 1.11. The summed E-state index contributed by atoms with van der Waals surface area (Å²) in [6.07, 6.45) is 1.26. The second-order valence-electron chi connectivity index (χ2n) is 4.02. The van der Waals surface area contributed by atoms with Crippen LogP contribution in [0.2, 0.25) is 0 Å². The fraction of sp³-hybridized carbons (Fsp3) is 0.154. The van der Waals surface area contributed by atoms with Gasteiger partial charge in [0.2, 0.25) is 11.1 Å². The normalized spacial score (nSPS) is 10.4. The van der Waals surface area contributed by atoms with Gasteiger partial charge in [0.25, 0.3) is 0 Å². The number of halogens is 2. The van der Waals surface area contributed by atoms with Crippen LogP contribution in [0.25, 0.3) is 5.69 Å². The molecule has 0 spiro atoms. The number of methoxy groups -OCH3 is 1. The number of benzene rings is 1.